The van der Waals surface area contributed by atoms with E-state index in [0.29, 0.717) is 35.4 Å². The van der Waals surface area contributed by atoms with Crippen molar-refractivity contribution in [3.8, 4) is 11.1 Å². The van der Waals surface area contributed by atoms with Crippen LogP contribution < -0.4 is 10.0 Å². The Morgan fingerprint density at radius 2 is 1.82 bits per heavy atom. The van der Waals surface area contributed by atoms with Crippen LogP contribution in [0.15, 0.2) is 70.3 Å². The Hall–Kier alpha value is -4.45. The number of sulfonamides is 1. The summed E-state index contributed by atoms with van der Waals surface area (Å²) in [5.41, 5.74) is 3.41. The van der Waals surface area contributed by atoms with E-state index in [0.717, 1.165) is 24.0 Å². The molecular formula is C33H42N6O5S. The zero-order valence-electron chi connectivity index (χ0n) is 26.7. The number of amides is 2. The van der Waals surface area contributed by atoms with Crippen LogP contribution in [0.5, 0.6) is 0 Å². The highest BCUT2D eigenvalue weighted by molar-refractivity contribution is 7.92. The molecule has 11 nitrogen and oxygen atoms in total. The SMILES string of the molecule is CCCCC(=O)N(Cc1ccc(-c2ccccc2S(=O)(=O)Nc2noc(C)c2C)c(Cn2cccn2)c1)[C@H](C(=O)NC)C(C)C. The van der Waals surface area contributed by atoms with E-state index in [9.17, 15) is 18.0 Å². The van der Waals surface area contributed by atoms with Gasteiger partial charge < -0.3 is 14.7 Å². The first-order valence-corrected chi connectivity index (χ1v) is 16.6. The molecule has 2 N–H and O–H groups in total. The van der Waals surface area contributed by atoms with Crippen molar-refractivity contribution in [2.45, 2.75) is 77.9 Å². The molecule has 0 aliphatic heterocycles. The molecule has 240 valence electrons. The van der Waals surface area contributed by atoms with Gasteiger partial charge in [0.05, 0.1) is 11.4 Å². The van der Waals surface area contributed by atoms with Crippen LogP contribution in [0, 0.1) is 19.8 Å². The second-order valence-electron chi connectivity index (χ2n) is 11.4. The summed E-state index contributed by atoms with van der Waals surface area (Å²) in [6.45, 7) is 9.91. The monoisotopic (exact) mass is 634 g/mol. The van der Waals surface area contributed by atoms with Gasteiger partial charge in [-0.05, 0) is 55.0 Å². The number of rotatable bonds is 14. The summed E-state index contributed by atoms with van der Waals surface area (Å²) >= 11 is 0. The Morgan fingerprint density at radius 1 is 1.07 bits per heavy atom. The molecule has 4 aromatic rings. The summed E-state index contributed by atoms with van der Waals surface area (Å²) in [7, 11) is -2.48. The molecule has 2 aromatic heterocycles. The maximum Gasteiger partial charge on any atom is 0.263 e. The van der Waals surface area contributed by atoms with E-state index < -0.39 is 16.1 Å². The lowest BCUT2D eigenvalue weighted by atomic mass is 9.95. The van der Waals surface area contributed by atoms with Gasteiger partial charge >= 0.3 is 0 Å². The predicted molar refractivity (Wildman–Crippen MR) is 173 cm³/mol. The maximum absolute atomic E-state index is 13.7. The summed E-state index contributed by atoms with van der Waals surface area (Å²) in [4.78, 5) is 28.2. The average molecular weight is 635 g/mol. The van der Waals surface area contributed by atoms with Crippen molar-refractivity contribution in [3.63, 3.8) is 0 Å². The van der Waals surface area contributed by atoms with Crippen LogP contribution in [0.2, 0.25) is 0 Å². The molecule has 0 saturated heterocycles. The molecule has 12 heteroatoms. The van der Waals surface area contributed by atoms with Crippen molar-refractivity contribution in [3.05, 3.63) is 83.4 Å². The van der Waals surface area contributed by atoms with E-state index in [4.69, 9.17) is 4.52 Å². The number of benzene rings is 2. The minimum atomic E-state index is -4.05. The third-order valence-corrected chi connectivity index (χ3v) is 9.21. The highest BCUT2D eigenvalue weighted by atomic mass is 32.2. The lowest BCUT2D eigenvalue weighted by Crippen LogP contribution is -2.51. The topological polar surface area (TPSA) is 139 Å². The first-order valence-electron chi connectivity index (χ1n) is 15.1. The third-order valence-electron chi connectivity index (χ3n) is 7.82. The number of likely N-dealkylation sites (N-methyl/N-ethyl adjacent to an activating group) is 1. The number of carbonyl (C=O) groups is 2. The largest absolute Gasteiger partial charge is 0.359 e. The van der Waals surface area contributed by atoms with Crippen molar-refractivity contribution in [1.29, 1.82) is 0 Å². The van der Waals surface area contributed by atoms with E-state index in [1.807, 2.05) is 51.2 Å². The Bertz CT molecular complexity index is 1730. The number of unbranched alkanes of at least 4 members (excludes halogenated alkanes) is 1. The lowest BCUT2D eigenvalue weighted by molar-refractivity contribution is -0.142. The van der Waals surface area contributed by atoms with Gasteiger partial charge in [-0.15, -0.1) is 0 Å². The van der Waals surface area contributed by atoms with Crippen LogP contribution in [-0.4, -0.2) is 53.2 Å². The second-order valence-corrected chi connectivity index (χ2v) is 13.1. The van der Waals surface area contributed by atoms with Gasteiger partial charge in [0, 0.05) is 43.5 Å². The number of nitrogens with zero attached hydrogens (tertiary/aromatic N) is 4. The van der Waals surface area contributed by atoms with Crippen molar-refractivity contribution in [2.75, 3.05) is 11.8 Å². The van der Waals surface area contributed by atoms with Gasteiger partial charge in [-0.2, -0.15) is 5.10 Å². The van der Waals surface area contributed by atoms with Crippen LogP contribution in [0.1, 0.15) is 62.5 Å². The molecule has 2 heterocycles. The minimum absolute atomic E-state index is 0.0791. The average Bonchev–Trinajstić information content (AvgIpc) is 3.64. The number of hydrogen-bond acceptors (Lipinski definition) is 7. The summed E-state index contributed by atoms with van der Waals surface area (Å²) in [5.74, 6) is 0.250. The molecule has 0 saturated carbocycles. The van der Waals surface area contributed by atoms with E-state index in [1.54, 1.807) is 60.9 Å². The van der Waals surface area contributed by atoms with Gasteiger partial charge in [-0.1, -0.05) is 68.7 Å². The Kier molecular flexibility index (Phi) is 10.8. The highest BCUT2D eigenvalue weighted by Gasteiger charge is 2.32. The van der Waals surface area contributed by atoms with E-state index in [-0.39, 0.29) is 35.0 Å². The molecule has 0 radical (unpaired) electrons. The molecule has 0 spiro atoms. The van der Waals surface area contributed by atoms with Gasteiger partial charge in [-0.25, -0.2) is 8.42 Å². The Balaban J connectivity index is 1.79. The van der Waals surface area contributed by atoms with Crippen LogP contribution in [0.25, 0.3) is 11.1 Å². The number of anilines is 1. The lowest BCUT2D eigenvalue weighted by Gasteiger charge is -2.33. The number of aromatic nitrogens is 3. The predicted octanol–water partition coefficient (Wildman–Crippen LogP) is 5.29. The van der Waals surface area contributed by atoms with Crippen molar-refractivity contribution in [1.82, 2.24) is 25.2 Å². The molecular weight excluding hydrogens is 592 g/mol. The van der Waals surface area contributed by atoms with Crippen LogP contribution in [0.3, 0.4) is 0 Å². The van der Waals surface area contributed by atoms with Crippen LogP contribution in [-0.2, 0) is 32.7 Å². The highest BCUT2D eigenvalue weighted by Crippen LogP contribution is 2.33. The molecule has 2 aromatic carbocycles. The van der Waals surface area contributed by atoms with Gasteiger partial charge in [0.15, 0.2) is 5.82 Å². The molecule has 4 rings (SSSR count). The number of carbonyl (C=O) groups excluding carboxylic acids is 2. The summed E-state index contributed by atoms with van der Waals surface area (Å²) < 4.78 is 36.9. The van der Waals surface area contributed by atoms with Gasteiger partial charge in [0.25, 0.3) is 10.0 Å². The molecule has 1 atom stereocenters. The van der Waals surface area contributed by atoms with Gasteiger partial charge in [0.2, 0.25) is 11.8 Å². The fourth-order valence-electron chi connectivity index (χ4n) is 5.29. The fraction of sp³-hybridized carbons (Fsp3) is 0.394. The molecule has 0 bridgehead atoms. The number of aryl methyl sites for hydroxylation is 1. The molecule has 2 amide bonds. The number of nitrogens with one attached hydrogen (secondary N) is 2. The van der Waals surface area contributed by atoms with Crippen LogP contribution >= 0.6 is 0 Å². The summed E-state index contributed by atoms with van der Waals surface area (Å²) in [6, 6.07) is 13.7. The molecule has 0 unspecified atom stereocenters. The summed E-state index contributed by atoms with van der Waals surface area (Å²) in [6.07, 6.45) is 5.44. The van der Waals surface area contributed by atoms with Gasteiger partial charge in [0.1, 0.15) is 11.8 Å². The van der Waals surface area contributed by atoms with E-state index in [2.05, 4.69) is 20.3 Å². The molecule has 0 fully saturated rings. The van der Waals surface area contributed by atoms with Crippen LogP contribution in [0.4, 0.5) is 5.82 Å². The standard InChI is InChI=1S/C33H42N6O5S/c1-7-8-14-30(40)39(31(22(2)3)33(41)34-6)20-25-15-16-27(26(19-25)21-38-18-11-17-35-38)28-12-9-10-13-29(28)45(42,43)37-32-23(4)24(5)44-36-32/h9-13,15-19,22,31H,7-8,14,20-21H2,1-6H3,(H,34,41)(H,36,37)/t31-/m0/s1. The van der Waals surface area contributed by atoms with Crippen molar-refractivity contribution < 1.29 is 22.5 Å². The van der Waals surface area contributed by atoms with Gasteiger partial charge in [-0.3, -0.25) is 19.0 Å². The van der Waals surface area contributed by atoms with E-state index >= 15 is 0 Å². The quantitative estimate of drug-likeness (QED) is 0.192. The Morgan fingerprint density at radius 3 is 2.44 bits per heavy atom. The van der Waals surface area contributed by atoms with E-state index in [1.165, 1.54) is 0 Å². The fourth-order valence-corrected chi connectivity index (χ4v) is 6.57. The number of hydrogen-bond donors (Lipinski definition) is 2. The Labute approximate surface area is 265 Å². The molecule has 0 aliphatic rings. The third kappa shape index (κ3) is 7.80. The first kappa shape index (κ1) is 33.4. The van der Waals surface area contributed by atoms with Crippen molar-refractivity contribution >= 4 is 27.7 Å². The normalized spacial score (nSPS) is 12.2. The molecule has 45 heavy (non-hydrogen) atoms. The molecule has 0 aliphatic carbocycles. The maximum atomic E-state index is 13.7. The first-order chi connectivity index (χ1) is 21.5. The zero-order chi connectivity index (χ0) is 32.7. The summed E-state index contributed by atoms with van der Waals surface area (Å²) in [5, 5.41) is 11.0. The minimum Gasteiger partial charge on any atom is -0.359 e. The second kappa shape index (κ2) is 14.6. The smallest absolute Gasteiger partial charge is 0.263 e. The van der Waals surface area contributed by atoms with Crippen molar-refractivity contribution in [2.24, 2.45) is 5.92 Å². The zero-order valence-corrected chi connectivity index (χ0v) is 27.5.